The molecule has 0 radical (unpaired) electrons. The predicted molar refractivity (Wildman–Crippen MR) is 117 cm³/mol. The second kappa shape index (κ2) is 8.53. The number of anilines is 3. The molecule has 0 fully saturated rings. The Morgan fingerprint density at radius 1 is 1.32 bits per heavy atom. The summed E-state index contributed by atoms with van der Waals surface area (Å²) in [6.45, 7) is 2.30. The molecule has 0 amide bonds. The lowest BCUT2D eigenvalue weighted by molar-refractivity contribution is 0.417. The summed E-state index contributed by atoms with van der Waals surface area (Å²) < 4.78 is 5.46. The minimum absolute atomic E-state index is 0.511. The standard InChI is InChI=1S/C19H21N5OS.CH5N/c1-10-3-4-12-16(5-10)26-19-17(12)18(22-9-23-19)24-14-6-11(8-20)13(21)7-15(14)25-2;1-2/h6-10,20H,3-5,21H2,1-2H3,(H,22,23,24);2H2,1H3. The number of rotatable bonds is 4. The number of thiophene rings is 1. The van der Waals surface area contributed by atoms with Crippen LogP contribution in [0.4, 0.5) is 17.2 Å². The maximum atomic E-state index is 7.54. The third-order valence-corrected chi connectivity index (χ3v) is 6.07. The zero-order valence-electron chi connectivity index (χ0n) is 16.4. The van der Waals surface area contributed by atoms with Gasteiger partial charge in [-0.3, -0.25) is 0 Å². The largest absolute Gasteiger partial charge is 0.494 e. The molecule has 1 unspecified atom stereocenters. The van der Waals surface area contributed by atoms with Crippen molar-refractivity contribution >= 4 is 45.0 Å². The lowest BCUT2D eigenvalue weighted by atomic mass is 9.89. The molecule has 0 spiro atoms. The Kier molecular flexibility index (Phi) is 6.11. The van der Waals surface area contributed by atoms with Gasteiger partial charge in [-0.15, -0.1) is 11.3 Å². The maximum Gasteiger partial charge on any atom is 0.144 e. The molecule has 1 aromatic carbocycles. The molecule has 0 bridgehead atoms. The van der Waals surface area contributed by atoms with Gasteiger partial charge in [0.05, 0.1) is 18.2 Å². The second-order valence-corrected chi connectivity index (χ2v) is 7.79. The molecular weight excluding hydrogens is 372 g/mol. The van der Waals surface area contributed by atoms with E-state index in [9.17, 15) is 0 Å². The highest BCUT2D eigenvalue weighted by atomic mass is 32.1. The fourth-order valence-electron chi connectivity index (χ4n) is 3.50. The second-order valence-electron chi connectivity index (χ2n) is 6.70. The molecule has 0 saturated carbocycles. The van der Waals surface area contributed by atoms with Crippen LogP contribution in [0.3, 0.4) is 0 Å². The Morgan fingerprint density at radius 3 is 2.82 bits per heavy atom. The van der Waals surface area contributed by atoms with Crippen LogP contribution in [0.5, 0.6) is 5.75 Å². The molecule has 4 rings (SSSR count). The fraction of sp³-hybridized carbons (Fsp3) is 0.350. The van der Waals surface area contributed by atoms with Crippen LogP contribution in [0, 0.1) is 11.3 Å². The van der Waals surface area contributed by atoms with E-state index in [4.69, 9.17) is 15.9 Å². The van der Waals surface area contributed by atoms with E-state index >= 15 is 0 Å². The lowest BCUT2D eigenvalue weighted by Gasteiger charge is -2.18. The highest BCUT2D eigenvalue weighted by Gasteiger charge is 2.23. The van der Waals surface area contributed by atoms with Gasteiger partial charge in [0.15, 0.2) is 0 Å². The van der Waals surface area contributed by atoms with Crippen molar-refractivity contribution in [2.45, 2.75) is 26.2 Å². The number of aromatic nitrogens is 2. The summed E-state index contributed by atoms with van der Waals surface area (Å²) in [7, 11) is 3.10. The summed E-state index contributed by atoms with van der Waals surface area (Å²) in [5.41, 5.74) is 13.7. The number of hydrogen-bond acceptors (Lipinski definition) is 8. The number of fused-ring (bicyclic) bond motifs is 3. The number of methoxy groups -OCH3 is 1. The van der Waals surface area contributed by atoms with Gasteiger partial charge >= 0.3 is 0 Å². The van der Waals surface area contributed by atoms with Gasteiger partial charge in [-0.2, -0.15) is 0 Å². The average Bonchev–Trinajstić information content (AvgIpc) is 3.08. The van der Waals surface area contributed by atoms with Crippen LogP contribution < -0.4 is 21.5 Å². The molecule has 1 aliphatic carbocycles. The van der Waals surface area contributed by atoms with Gasteiger partial charge in [-0.25, -0.2) is 9.97 Å². The van der Waals surface area contributed by atoms with Gasteiger partial charge in [0.1, 0.15) is 22.7 Å². The molecule has 0 saturated heterocycles. The van der Waals surface area contributed by atoms with Gasteiger partial charge in [0.2, 0.25) is 0 Å². The summed E-state index contributed by atoms with van der Waals surface area (Å²) in [6.07, 6.45) is 6.19. The first-order valence-corrected chi connectivity index (χ1v) is 10.00. The summed E-state index contributed by atoms with van der Waals surface area (Å²) in [4.78, 5) is 11.4. The number of benzene rings is 1. The zero-order chi connectivity index (χ0) is 20.3. The smallest absolute Gasteiger partial charge is 0.144 e. The minimum Gasteiger partial charge on any atom is -0.494 e. The first-order chi connectivity index (χ1) is 13.6. The van der Waals surface area contributed by atoms with Crippen molar-refractivity contribution in [2.75, 3.05) is 25.2 Å². The molecule has 7 nitrogen and oxygen atoms in total. The third-order valence-electron chi connectivity index (χ3n) is 4.91. The average molecular weight is 399 g/mol. The molecule has 28 heavy (non-hydrogen) atoms. The Hall–Kier alpha value is -2.71. The number of hydrogen-bond donors (Lipinski definition) is 4. The summed E-state index contributed by atoms with van der Waals surface area (Å²) in [5, 5.41) is 12.0. The van der Waals surface area contributed by atoms with E-state index in [-0.39, 0.29) is 0 Å². The van der Waals surface area contributed by atoms with Gasteiger partial charge in [-0.1, -0.05) is 6.92 Å². The Labute approximate surface area is 168 Å². The van der Waals surface area contributed by atoms with Crippen LogP contribution in [-0.2, 0) is 12.8 Å². The summed E-state index contributed by atoms with van der Waals surface area (Å²) in [5.74, 6) is 2.12. The van der Waals surface area contributed by atoms with Crippen molar-refractivity contribution in [1.82, 2.24) is 9.97 Å². The van der Waals surface area contributed by atoms with E-state index in [0.717, 1.165) is 34.6 Å². The van der Waals surface area contributed by atoms with Gasteiger partial charge in [0, 0.05) is 28.4 Å². The van der Waals surface area contributed by atoms with E-state index in [1.165, 1.54) is 30.1 Å². The predicted octanol–water partition coefficient (Wildman–Crippen LogP) is 3.72. The van der Waals surface area contributed by atoms with Crippen molar-refractivity contribution in [3.05, 3.63) is 34.5 Å². The Morgan fingerprint density at radius 2 is 2.11 bits per heavy atom. The molecule has 1 aliphatic rings. The zero-order valence-corrected chi connectivity index (χ0v) is 17.2. The molecule has 0 aliphatic heterocycles. The van der Waals surface area contributed by atoms with Crippen molar-refractivity contribution in [2.24, 2.45) is 11.7 Å². The van der Waals surface area contributed by atoms with E-state index in [1.54, 1.807) is 30.8 Å². The third kappa shape index (κ3) is 3.65. The molecule has 8 heteroatoms. The molecule has 2 heterocycles. The van der Waals surface area contributed by atoms with Gasteiger partial charge in [0.25, 0.3) is 0 Å². The van der Waals surface area contributed by atoms with E-state index < -0.39 is 0 Å². The van der Waals surface area contributed by atoms with Crippen molar-refractivity contribution in [3.8, 4) is 5.75 Å². The van der Waals surface area contributed by atoms with Crippen LogP contribution >= 0.6 is 11.3 Å². The SMILES string of the molecule is CN.COc1cc(N)c(C=N)cc1Nc1ncnc2sc3c(c12)CCC(C)C3. The highest BCUT2D eigenvalue weighted by Crippen LogP contribution is 2.41. The normalized spacial score (nSPS) is 15.4. The quantitative estimate of drug-likeness (QED) is 0.392. The first kappa shape index (κ1) is 20.0. The number of aryl methyl sites for hydroxylation is 1. The van der Waals surface area contributed by atoms with Crippen LogP contribution in [-0.4, -0.2) is 30.3 Å². The number of nitrogens with one attached hydrogen (secondary N) is 2. The van der Waals surface area contributed by atoms with Crippen LogP contribution in [0.15, 0.2) is 18.5 Å². The van der Waals surface area contributed by atoms with Gasteiger partial charge in [-0.05, 0) is 43.9 Å². The summed E-state index contributed by atoms with van der Waals surface area (Å²) in [6, 6.07) is 3.54. The van der Waals surface area contributed by atoms with E-state index in [1.807, 2.05) is 6.07 Å². The molecule has 1 atom stereocenters. The highest BCUT2D eigenvalue weighted by molar-refractivity contribution is 7.19. The maximum absolute atomic E-state index is 7.54. The molecule has 2 aromatic heterocycles. The topological polar surface area (TPSA) is 123 Å². The van der Waals surface area contributed by atoms with Crippen LogP contribution in [0.2, 0.25) is 0 Å². The van der Waals surface area contributed by atoms with Crippen LogP contribution in [0.1, 0.15) is 29.3 Å². The van der Waals surface area contributed by atoms with Gasteiger partial charge < -0.3 is 26.9 Å². The summed E-state index contributed by atoms with van der Waals surface area (Å²) >= 11 is 1.77. The van der Waals surface area contributed by atoms with Crippen molar-refractivity contribution in [1.29, 1.82) is 5.41 Å². The van der Waals surface area contributed by atoms with E-state index in [0.29, 0.717) is 22.9 Å². The Balaban J connectivity index is 0.00000109. The van der Waals surface area contributed by atoms with Crippen LogP contribution in [0.25, 0.3) is 10.2 Å². The number of nitrogen functional groups attached to an aromatic ring is 1. The lowest BCUT2D eigenvalue weighted by Crippen LogP contribution is -2.09. The monoisotopic (exact) mass is 398 g/mol. The number of nitrogens with zero attached hydrogens (tertiary/aromatic N) is 2. The van der Waals surface area contributed by atoms with Crippen molar-refractivity contribution in [3.63, 3.8) is 0 Å². The number of ether oxygens (including phenoxy) is 1. The van der Waals surface area contributed by atoms with Crippen molar-refractivity contribution < 1.29 is 4.74 Å². The molecule has 3 aromatic rings. The minimum atomic E-state index is 0.511. The Bertz CT molecular complexity index is 1000. The van der Waals surface area contributed by atoms with E-state index in [2.05, 4.69) is 27.9 Å². The molecule has 148 valence electrons. The number of nitrogens with two attached hydrogens (primary N) is 2. The molecular formula is C20H26N6OS. The fourth-order valence-corrected chi connectivity index (χ4v) is 4.85. The molecule has 6 N–H and O–H groups in total. The first-order valence-electron chi connectivity index (χ1n) is 9.18.